The van der Waals surface area contributed by atoms with E-state index in [-0.39, 0.29) is 23.2 Å². The van der Waals surface area contributed by atoms with Crippen LogP contribution in [0.2, 0.25) is 0 Å². The molecule has 37 heavy (non-hydrogen) atoms. The summed E-state index contributed by atoms with van der Waals surface area (Å²) in [6, 6.07) is 17.0. The van der Waals surface area contributed by atoms with E-state index in [1.54, 1.807) is 35.9 Å². The van der Waals surface area contributed by atoms with Gasteiger partial charge in [-0.3, -0.25) is 9.59 Å². The standard InChI is InChI=1S/C26H29N5O3.C2H6.H3N/c1-28(2)12-17-31-23-7-5-4-6-21(23)24(22(18-27)26(31)33)29-13-15-30(16-14-29)25(32)19-8-10-20(34-3)11-9-19;1-2;/h4-11H,12-17H2,1-3H3;1-2H3;1H3. The van der Waals surface area contributed by atoms with E-state index < -0.39 is 0 Å². The molecule has 1 saturated heterocycles. The normalized spacial score (nSPS) is 12.9. The number of ether oxygens (including phenoxy) is 1. The third-order valence-electron chi connectivity index (χ3n) is 6.25. The quantitative estimate of drug-likeness (QED) is 0.543. The molecule has 1 fully saturated rings. The van der Waals surface area contributed by atoms with Crippen molar-refractivity contribution in [2.75, 3.05) is 58.8 Å². The molecular weight excluding hydrogens is 468 g/mol. The molecule has 9 heteroatoms. The lowest BCUT2D eigenvalue weighted by atomic mass is 10.1. The maximum absolute atomic E-state index is 13.3. The van der Waals surface area contributed by atoms with Gasteiger partial charge in [0.05, 0.1) is 18.3 Å². The largest absolute Gasteiger partial charge is 0.497 e. The number of fused-ring (bicyclic) bond motifs is 1. The van der Waals surface area contributed by atoms with E-state index in [2.05, 4.69) is 11.0 Å². The number of nitriles is 1. The average molecular weight is 507 g/mol. The third-order valence-corrected chi connectivity index (χ3v) is 6.25. The number of hydrogen-bond donors (Lipinski definition) is 1. The molecule has 2 aromatic carbocycles. The van der Waals surface area contributed by atoms with Crippen molar-refractivity contribution in [2.45, 2.75) is 20.4 Å². The maximum Gasteiger partial charge on any atom is 0.271 e. The summed E-state index contributed by atoms with van der Waals surface area (Å²) in [6.45, 7) is 7.30. The number of pyridine rings is 1. The summed E-state index contributed by atoms with van der Waals surface area (Å²) in [7, 11) is 5.51. The first-order valence-corrected chi connectivity index (χ1v) is 12.3. The van der Waals surface area contributed by atoms with Gasteiger partial charge in [0, 0.05) is 50.2 Å². The zero-order valence-corrected chi connectivity index (χ0v) is 22.5. The lowest BCUT2D eigenvalue weighted by Crippen LogP contribution is -2.49. The number of nitrogens with zero attached hydrogens (tertiary/aromatic N) is 5. The molecular formula is C28H38N6O3. The van der Waals surface area contributed by atoms with Crippen LogP contribution >= 0.6 is 0 Å². The predicted molar refractivity (Wildman–Crippen MR) is 149 cm³/mol. The topological polar surface area (TPSA) is 117 Å². The predicted octanol–water partition coefficient (Wildman–Crippen LogP) is 3.59. The molecule has 0 saturated carbocycles. The second-order valence-corrected chi connectivity index (χ2v) is 8.62. The Hall–Kier alpha value is -3.87. The number of anilines is 1. The second kappa shape index (κ2) is 13.4. The molecule has 1 aromatic heterocycles. The zero-order valence-electron chi connectivity index (χ0n) is 22.5. The number of carbonyl (C=O) groups is 1. The molecule has 0 radical (unpaired) electrons. The van der Waals surface area contributed by atoms with Crippen LogP contribution in [0, 0.1) is 11.3 Å². The molecule has 3 aromatic rings. The highest BCUT2D eigenvalue weighted by Crippen LogP contribution is 2.30. The Morgan fingerprint density at radius 2 is 1.65 bits per heavy atom. The van der Waals surface area contributed by atoms with Crippen LogP contribution in [0.15, 0.2) is 53.3 Å². The van der Waals surface area contributed by atoms with Crippen LogP contribution < -0.4 is 21.3 Å². The van der Waals surface area contributed by atoms with Gasteiger partial charge in [-0.1, -0.05) is 32.0 Å². The molecule has 9 nitrogen and oxygen atoms in total. The minimum absolute atomic E-state index is 0. The van der Waals surface area contributed by atoms with E-state index >= 15 is 0 Å². The van der Waals surface area contributed by atoms with Gasteiger partial charge in [0.25, 0.3) is 11.5 Å². The fourth-order valence-electron chi connectivity index (χ4n) is 4.39. The lowest BCUT2D eigenvalue weighted by Gasteiger charge is -2.37. The van der Waals surface area contributed by atoms with Crippen LogP contribution in [-0.2, 0) is 6.54 Å². The van der Waals surface area contributed by atoms with E-state index in [0.29, 0.717) is 56.3 Å². The van der Waals surface area contributed by atoms with E-state index in [9.17, 15) is 14.9 Å². The SMILES string of the molecule is CC.COc1ccc(C(=O)N2CCN(c3c(C#N)c(=O)n(CCN(C)C)c4ccccc34)CC2)cc1.N. The summed E-state index contributed by atoms with van der Waals surface area (Å²) in [5, 5.41) is 10.8. The van der Waals surface area contributed by atoms with Crippen molar-refractivity contribution in [3.05, 3.63) is 70.0 Å². The van der Waals surface area contributed by atoms with Crippen LogP contribution in [0.1, 0.15) is 29.8 Å². The van der Waals surface area contributed by atoms with Crippen LogP contribution in [-0.4, -0.2) is 74.2 Å². The Bertz CT molecular complexity index is 1290. The van der Waals surface area contributed by atoms with Crippen LogP contribution in [0.4, 0.5) is 5.69 Å². The third kappa shape index (κ3) is 6.28. The Kier molecular flexibility index (Phi) is 10.7. The van der Waals surface area contributed by atoms with E-state index in [0.717, 1.165) is 10.9 Å². The summed E-state index contributed by atoms with van der Waals surface area (Å²) in [4.78, 5) is 32.2. The average Bonchev–Trinajstić information content (AvgIpc) is 2.92. The van der Waals surface area contributed by atoms with Gasteiger partial charge in [0.1, 0.15) is 17.4 Å². The molecule has 198 valence electrons. The molecule has 0 spiro atoms. The number of para-hydroxylation sites is 1. The van der Waals surface area contributed by atoms with Gasteiger partial charge in [0.2, 0.25) is 0 Å². The second-order valence-electron chi connectivity index (χ2n) is 8.62. The van der Waals surface area contributed by atoms with Crippen LogP contribution in [0.3, 0.4) is 0 Å². The molecule has 4 rings (SSSR count). The number of methoxy groups -OCH3 is 1. The fourth-order valence-corrected chi connectivity index (χ4v) is 4.39. The summed E-state index contributed by atoms with van der Waals surface area (Å²) in [5.74, 6) is 0.671. The first kappa shape index (κ1) is 29.4. The molecule has 1 amide bonds. The zero-order chi connectivity index (χ0) is 26.2. The van der Waals surface area contributed by atoms with Crippen molar-refractivity contribution < 1.29 is 9.53 Å². The van der Waals surface area contributed by atoms with E-state index in [1.807, 2.05) is 62.0 Å². The van der Waals surface area contributed by atoms with Crippen molar-refractivity contribution in [3.8, 4) is 11.8 Å². The lowest BCUT2D eigenvalue weighted by molar-refractivity contribution is 0.0747. The number of benzene rings is 2. The number of rotatable bonds is 6. The van der Waals surface area contributed by atoms with Gasteiger partial charge >= 0.3 is 0 Å². The first-order valence-electron chi connectivity index (χ1n) is 12.3. The Labute approximate surface area is 219 Å². The van der Waals surface area contributed by atoms with Gasteiger partial charge in [-0.15, -0.1) is 0 Å². The highest BCUT2D eigenvalue weighted by molar-refractivity contribution is 5.96. The van der Waals surface area contributed by atoms with Crippen LogP contribution in [0.5, 0.6) is 5.75 Å². The highest BCUT2D eigenvalue weighted by Gasteiger charge is 2.27. The van der Waals surface area contributed by atoms with Crippen LogP contribution in [0.25, 0.3) is 10.9 Å². The Morgan fingerprint density at radius 1 is 1.03 bits per heavy atom. The van der Waals surface area contributed by atoms with Crippen molar-refractivity contribution in [2.24, 2.45) is 0 Å². The fraction of sp³-hybridized carbons (Fsp3) is 0.393. The number of carbonyl (C=O) groups excluding carboxylic acids is 1. The van der Waals surface area contributed by atoms with E-state index in [1.165, 1.54) is 0 Å². The van der Waals surface area contributed by atoms with Crippen molar-refractivity contribution in [1.82, 2.24) is 20.5 Å². The van der Waals surface area contributed by atoms with Crippen molar-refractivity contribution >= 4 is 22.5 Å². The number of amides is 1. The van der Waals surface area contributed by atoms with Gasteiger partial charge in [-0.05, 0) is 44.4 Å². The smallest absolute Gasteiger partial charge is 0.271 e. The summed E-state index contributed by atoms with van der Waals surface area (Å²) >= 11 is 0. The van der Waals surface area contributed by atoms with Crippen molar-refractivity contribution in [3.63, 3.8) is 0 Å². The highest BCUT2D eigenvalue weighted by atomic mass is 16.5. The molecule has 1 aliphatic rings. The minimum Gasteiger partial charge on any atom is -0.497 e. The molecule has 3 N–H and O–H groups in total. The minimum atomic E-state index is -0.269. The van der Waals surface area contributed by atoms with Gasteiger partial charge in [0.15, 0.2) is 0 Å². The number of hydrogen-bond acceptors (Lipinski definition) is 7. The summed E-state index contributed by atoms with van der Waals surface area (Å²) < 4.78 is 6.87. The molecule has 0 unspecified atom stereocenters. The number of piperazine rings is 1. The molecule has 0 bridgehead atoms. The van der Waals surface area contributed by atoms with E-state index in [4.69, 9.17) is 4.74 Å². The molecule has 2 heterocycles. The monoisotopic (exact) mass is 506 g/mol. The number of aromatic nitrogens is 1. The van der Waals surface area contributed by atoms with Gasteiger partial charge in [-0.2, -0.15) is 5.26 Å². The van der Waals surface area contributed by atoms with Crippen molar-refractivity contribution in [1.29, 1.82) is 5.26 Å². The molecule has 1 aliphatic heterocycles. The number of likely N-dealkylation sites (N-methyl/N-ethyl adjacent to an activating group) is 1. The van der Waals surface area contributed by atoms with Gasteiger partial charge < -0.3 is 30.2 Å². The molecule has 0 atom stereocenters. The van der Waals surface area contributed by atoms with Gasteiger partial charge in [-0.25, -0.2) is 0 Å². The first-order chi connectivity index (χ1) is 17.4. The Morgan fingerprint density at radius 3 is 2.22 bits per heavy atom. The maximum atomic E-state index is 13.3. The summed E-state index contributed by atoms with van der Waals surface area (Å²) in [6.07, 6.45) is 0. The Balaban J connectivity index is 0.00000157. The molecule has 0 aliphatic carbocycles. The summed E-state index contributed by atoms with van der Waals surface area (Å²) in [5.41, 5.74) is 1.99.